The summed E-state index contributed by atoms with van der Waals surface area (Å²) in [5.74, 6) is 1.59. The van der Waals surface area contributed by atoms with Crippen LogP contribution in [0.4, 0.5) is 0 Å². The Morgan fingerprint density at radius 2 is 2.00 bits per heavy atom. The predicted molar refractivity (Wildman–Crippen MR) is 81.8 cm³/mol. The van der Waals surface area contributed by atoms with Gasteiger partial charge in [-0.2, -0.15) is 0 Å². The SMILES string of the molecule is C#CC(CC)(CC)NC(=O)CN1CCCCC1(C)C(=O)O. The highest BCUT2D eigenvalue weighted by Gasteiger charge is 2.42. The molecule has 0 saturated carbocycles. The lowest BCUT2D eigenvalue weighted by atomic mass is 9.88. The molecular formula is C16H26N2O3. The van der Waals surface area contributed by atoms with Gasteiger partial charge in [-0.25, -0.2) is 0 Å². The molecule has 1 heterocycles. The Morgan fingerprint density at radius 1 is 1.38 bits per heavy atom. The molecular weight excluding hydrogens is 268 g/mol. The van der Waals surface area contributed by atoms with E-state index in [1.54, 1.807) is 11.8 Å². The molecule has 1 rings (SSSR count). The van der Waals surface area contributed by atoms with E-state index < -0.39 is 17.0 Å². The summed E-state index contributed by atoms with van der Waals surface area (Å²) in [6.07, 6.45) is 9.20. The first-order valence-electron chi connectivity index (χ1n) is 7.61. The fourth-order valence-electron chi connectivity index (χ4n) is 2.82. The van der Waals surface area contributed by atoms with Crippen LogP contribution in [-0.2, 0) is 9.59 Å². The van der Waals surface area contributed by atoms with Gasteiger partial charge in [0.15, 0.2) is 0 Å². The zero-order valence-corrected chi connectivity index (χ0v) is 13.2. The summed E-state index contributed by atoms with van der Waals surface area (Å²) in [6.45, 7) is 6.26. The fraction of sp³-hybridized carbons (Fsp3) is 0.750. The summed E-state index contributed by atoms with van der Waals surface area (Å²) in [7, 11) is 0. The first kappa shape index (κ1) is 17.5. The fourth-order valence-corrected chi connectivity index (χ4v) is 2.82. The predicted octanol–water partition coefficient (Wildman–Crippen LogP) is 1.62. The minimum Gasteiger partial charge on any atom is -0.480 e. The number of carbonyl (C=O) groups is 2. The first-order chi connectivity index (χ1) is 9.83. The topological polar surface area (TPSA) is 69.6 Å². The Hall–Kier alpha value is -1.54. The van der Waals surface area contributed by atoms with E-state index in [4.69, 9.17) is 6.42 Å². The molecule has 1 aliphatic heterocycles. The van der Waals surface area contributed by atoms with Gasteiger partial charge in [0, 0.05) is 0 Å². The van der Waals surface area contributed by atoms with Gasteiger partial charge >= 0.3 is 5.97 Å². The van der Waals surface area contributed by atoms with E-state index in [9.17, 15) is 14.7 Å². The molecule has 118 valence electrons. The highest BCUT2D eigenvalue weighted by atomic mass is 16.4. The van der Waals surface area contributed by atoms with Gasteiger partial charge in [-0.1, -0.05) is 19.8 Å². The van der Waals surface area contributed by atoms with Crippen LogP contribution in [0.2, 0.25) is 0 Å². The average molecular weight is 294 g/mol. The molecule has 0 radical (unpaired) electrons. The van der Waals surface area contributed by atoms with Crippen LogP contribution >= 0.6 is 0 Å². The van der Waals surface area contributed by atoms with Gasteiger partial charge in [-0.05, 0) is 45.6 Å². The Morgan fingerprint density at radius 3 is 2.48 bits per heavy atom. The van der Waals surface area contributed by atoms with Crippen molar-refractivity contribution in [3.05, 3.63) is 0 Å². The smallest absolute Gasteiger partial charge is 0.323 e. The molecule has 1 aliphatic rings. The number of amides is 1. The monoisotopic (exact) mass is 294 g/mol. The number of rotatable bonds is 6. The molecule has 0 aliphatic carbocycles. The van der Waals surface area contributed by atoms with Crippen LogP contribution in [-0.4, -0.2) is 46.1 Å². The van der Waals surface area contributed by atoms with Crippen molar-refractivity contribution >= 4 is 11.9 Å². The van der Waals surface area contributed by atoms with Crippen molar-refractivity contribution in [2.75, 3.05) is 13.1 Å². The summed E-state index contributed by atoms with van der Waals surface area (Å²) >= 11 is 0. The van der Waals surface area contributed by atoms with E-state index in [1.165, 1.54) is 0 Å². The Labute approximate surface area is 127 Å². The van der Waals surface area contributed by atoms with Crippen molar-refractivity contribution in [1.29, 1.82) is 0 Å². The van der Waals surface area contributed by atoms with Crippen molar-refractivity contribution < 1.29 is 14.7 Å². The van der Waals surface area contributed by atoms with Crippen LogP contribution in [0, 0.1) is 12.3 Å². The third kappa shape index (κ3) is 3.76. The minimum absolute atomic E-state index is 0.0756. The Balaban J connectivity index is 2.77. The zero-order chi connectivity index (χ0) is 16.1. The highest BCUT2D eigenvalue weighted by Crippen LogP contribution is 2.28. The van der Waals surface area contributed by atoms with Crippen molar-refractivity contribution in [2.45, 2.75) is 64.0 Å². The van der Waals surface area contributed by atoms with Crippen molar-refractivity contribution in [2.24, 2.45) is 0 Å². The van der Waals surface area contributed by atoms with Crippen molar-refractivity contribution in [3.63, 3.8) is 0 Å². The number of hydrogen-bond acceptors (Lipinski definition) is 3. The maximum Gasteiger partial charge on any atom is 0.323 e. The summed E-state index contributed by atoms with van der Waals surface area (Å²) in [6, 6.07) is 0. The normalized spacial score (nSPS) is 23.3. The average Bonchev–Trinajstić information content (AvgIpc) is 2.47. The van der Waals surface area contributed by atoms with E-state index in [1.807, 2.05) is 13.8 Å². The second-order valence-electron chi connectivity index (χ2n) is 5.94. The van der Waals surface area contributed by atoms with Crippen molar-refractivity contribution in [3.8, 4) is 12.3 Å². The highest BCUT2D eigenvalue weighted by molar-refractivity contribution is 5.82. The number of carboxylic acid groups (broad SMARTS) is 1. The summed E-state index contributed by atoms with van der Waals surface area (Å²) in [4.78, 5) is 25.5. The molecule has 1 fully saturated rings. The van der Waals surface area contributed by atoms with Crippen LogP contribution in [0.25, 0.3) is 0 Å². The van der Waals surface area contributed by atoms with Gasteiger partial charge in [-0.15, -0.1) is 6.42 Å². The molecule has 1 unspecified atom stereocenters. The summed E-state index contributed by atoms with van der Waals surface area (Å²) in [5.41, 5.74) is -1.60. The lowest BCUT2D eigenvalue weighted by Crippen LogP contribution is -2.59. The molecule has 0 aromatic rings. The van der Waals surface area contributed by atoms with E-state index >= 15 is 0 Å². The lowest BCUT2D eigenvalue weighted by molar-refractivity contribution is -0.153. The van der Waals surface area contributed by atoms with Crippen LogP contribution in [0.15, 0.2) is 0 Å². The first-order valence-corrected chi connectivity index (χ1v) is 7.61. The molecule has 5 nitrogen and oxygen atoms in total. The number of likely N-dealkylation sites (tertiary alicyclic amines) is 1. The molecule has 0 spiro atoms. The number of aliphatic carboxylic acids is 1. The van der Waals surface area contributed by atoms with Gasteiger partial charge in [-0.3, -0.25) is 14.5 Å². The Bertz CT molecular complexity index is 437. The largest absolute Gasteiger partial charge is 0.480 e. The lowest BCUT2D eigenvalue weighted by Gasteiger charge is -2.41. The zero-order valence-electron chi connectivity index (χ0n) is 13.2. The maximum absolute atomic E-state index is 12.3. The molecule has 21 heavy (non-hydrogen) atoms. The van der Waals surface area contributed by atoms with Crippen molar-refractivity contribution in [1.82, 2.24) is 10.2 Å². The number of carbonyl (C=O) groups excluding carboxylic acids is 1. The maximum atomic E-state index is 12.3. The Kier molecular flexibility index (Phi) is 5.79. The molecule has 1 amide bonds. The van der Waals surface area contributed by atoms with Crippen LogP contribution in [0.1, 0.15) is 52.9 Å². The van der Waals surface area contributed by atoms with Gasteiger partial charge in [0.2, 0.25) is 5.91 Å². The molecule has 0 aromatic heterocycles. The standard InChI is InChI=1S/C16H26N2O3/c1-5-16(6-2,7-3)17-13(19)12-18-11-9-8-10-15(18,4)14(20)21/h1H,6-12H2,2-4H3,(H,17,19)(H,20,21). The number of nitrogens with one attached hydrogen (secondary N) is 1. The molecule has 2 N–H and O–H groups in total. The third-order valence-electron chi connectivity index (χ3n) is 4.70. The second kappa shape index (κ2) is 6.95. The molecule has 1 atom stereocenters. The molecule has 0 bridgehead atoms. The van der Waals surface area contributed by atoms with E-state index in [-0.39, 0.29) is 12.5 Å². The number of carboxylic acids is 1. The van der Waals surface area contributed by atoms with Gasteiger partial charge in [0.05, 0.1) is 6.54 Å². The van der Waals surface area contributed by atoms with Crippen LogP contribution in [0.3, 0.4) is 0 Å². The molecule has 0 aromatic carbocycles. The van der Waals surface area contributed by atoms with E-state index in [2.05, 4.69) is 11.2 Å². The second-order valence-corrected chi connectivity index (χ2v) is 5.94. The summed E-state index contributed by atoms with van der Waals surface area (Å²) < 4.78 is 0. The van der Waals surface area contributed by atoms with Crippen LogP contribution in [0.5, 0.6) is 0 Å². The molecule has 5 heteroatoms. The molecule has 1 saturated heterocycles. The number of piperidine rings is 1. The minimum atomic E-state index is -0.965. The third-order valence-corrected chi connectivity index (χ3v) is 4.70. The quantitative estimate of drug-likeness (QED) is 0.730. The van der Waals surface area contributed by atoms with E-state index in [0.717, 1.165) is 12.8 Å². The summed E-state index contributed by atoms with van der Waals surface area (Å²) in [5, 5.41) is 12.3. The number of hydrogen-bond donors (Lipinski definition) is 2. The number of terminal acetylenes is 1. The van der Waals surface area contributed by atoms with Gasteiger partial charge < -0.3 is 10.4 Å². The number of nitrogens with zero attached hydrogens (tertiary/aromatic N) is 1. The van der Waals surface area contributed by atoms with Crippen LogP contribution < -0.4 is 5.32 Å². The van der Waals surface area contributed by atoms with Gasteiger partial charge in [0.25, 0.3) is 0 Å². The van der Waals surface area contributed by atoms with Gasteiger partial charge in [0.1, 0.15) is 11.1 Å². The van der Waals surface area contributed by atoms with E-state index in [0.29, 0.717) is 25.8 Å².